The van der Waals surface area contributed by atoms with E-state index in [0.29, 0.717) is 18.3 Å². The Labute approximate surface area is 108 Å². The molecule has 2 rings (SSSR count). The predicted octanol–water partition coefficient (Wildman–Crippen LogP) is 0.659. The summed E-state index contributed by atoms with van der Waals surface area (Å²) >= 11 is 0. The van der Waals surface area contributed by atoms with Gasteiger partial charge in [-0.1, -0.05) is 0 Å². The van der Waals surface area contributed by atoms with E-state index in [-0.39, 0.29) is 10.9 Å². The third-order valence-corrected chi connectivity index (χ3v) is 4.51. The van der Waals surface area contributed by atoms with E-state index in [0.717, 1.165) is 12.8 Å². The molecule has 0 aromatic carbocycles. The summed E-state index contributed by atoms with van der Waals surface area (Å²) < 4.78 is 23.5. The van der Waals surface area contributed by atoms with Gasteiger partial charge in [-0.3, -0.25) is 0 Å². The summed E-state index contributed by atoms with van der Waals surface area (Å²) in [6.45, 7) is 0.515. The van der Waals surface area contributed by atoms with E-state index in [4.69, 9.17) is 5.73 Å². The van der Waals surface area contributed by atoms with Crippen molar-refractivity contribution in [3.63, 3.8) is 0 Å². The first-order valence-corrected chi connectivity index (χ1v) is 7.92. The largest absolute Gasteiger partial charge is 0.354 e. The van der Waals surface area contributed by atoms with E-state index >= 15 is 0 Å². The summed E-state index contributed by atoms with van der Waals surface area (Å²) in [6, 6.07) is 3.40. The smallest absolute Gasteiger partial charge is 0.179 e. The Bertz CT molecular complexity index is 526. The Morgan fingerprint density at radius 2 is 2.22 bits per heavy atom. The van der Waals surface area contributed by atoms with Crippen LogP contribution >= 0.6 is 0 Å². The highest BCUT2D eigenvalue weighted by Gasteiger charge is 2.34. The summed E-state index contributed by atoms with van der Waals surface area (Å²) in [4.78, 5) is 6.40. The number of hydrogen-bond acceptors (Lipinski definition) is 5. The van der Waals surface area contributed by atoms with Crippen molar-refractivity contribution in [2.75, 3.05) is 24.7 Å². The average Bonchev–Trinajstić information content (AvgIpc) is 3.13. The molecule has 0 aliphatic heterocycles. The van der Waals surface area contributed by atoms with Gasteiger partial charge in [0.05, 0.1) is 0 Å². The summed E-state index contributed by atoms with van der Waals surface area (Å²) in [5.74, 6) is 1.07. The number of sulfone groups is 1. The van der Waals surface area contributed by atoms with Gasteiger partial charge in [0.1, 0.15) is 10.7 Å². The molecule has 0 amide bonds. The van der Waals surface area contributed by atoms with Gasteiger partial charge in [0, 0.05) is 32.1 Å². The van der Waals surface area contributed by atoms with Crippen LogP contribution in [0.15, 0.2) is 23.2 Å². The maximum Gasteiger partial charge on any atom is 0.179 e. The van der Waals surface area contributed by atoms with Gasteiger partial charge < -0.3 is 10.6 Å². The van der Waals surface area contributed by atoms with Crippen LogP contribution in [-0.2, 0) is 9.84 Å². The third kappa shape index (κ3) is 2.64. The molecule has 1 fully saturated rings. The second-order valence-electron chi connectivity index (χ2n) is 4.85. The number of likely N-dealkylation sites (N-methyl/N-ethyl adjacent to an activating group) is 1. The van der Waals surface area contributed by atoms with Crippen LogP contribution in [0.1, 0.15) is 12.8 Å². The Morgan fingerprint density at radius 1 is 1.56 bits per heavy atom. The SMILES string of the molecule is CN(c1ncccc1S(C)(=O)=O)C(CN)C1CC1. The van der Waals surface area contributed by atoms with Crippen molar-refractivity contribution >= 4 is 15.7 Å². The second-order valence-corrected chi connectivity index (χ2v) is 6.83. The predicted molar refractivity (Wildman–Crippen MR) is 71.3 cm³/mol. The lowest BCUT2D eigenvalue weighted by Crippen LogP contribution is -2.40. The summed E-state index contributed by atoms with van der Waals surface area (Å²) in [5, 5.41) is 0. The molecule has 1 aromatic rings. The molecule has 2 N–H and O–H groups in total. The molecular weight excluding hydrogens is 250 g/mol. The molecule has 18 heavy (non-hydrogen) atoms. The van der Waals surface area contributed by atoms with Crippen LogP contribution in [0.4, 0.5) is 5.82 Å². The van der Waals surface area contributed by atoms with E-state index in [1.54, 1.807) is 18.3 Å². The molecule has 1 atom stereocenters. The van der Waals surface area contributed by atoms with Crippen LogP contribution < -0.4 is 10.6 Å². The van der Waals surface area contributed by atoms with Crippen LogP contribution in [0.2, 0.25) is 0 Å². The third-order valence-electron chi connectivity index (χ3n) is 3.39. The lowest BCUT2D eigenvalue weighted by molar-refractivity contribution is 0.560. The van der Waals surface area contributed by atoms with Gasteiger partial charge in [0.25, 0.3) is 0 Å². The maximum atomic E-state index is 11.8. The minimum absolute atomic E-state index is 0.167. The van der Waals surface area contributed by atoms with Crippen LogP contribution in [0.25, 0.3) is 0 Å². The van der Waals surface area contributed by atoms with Gasteiger partial charge >= 0.3 is 0 Å². The van der Waals surface area contributed by atoms with Crippen molar-refractivity contribution in [3.05, 3.63) is 18.3 Å². The Balaban J connectivity index is 2.38. The average molecular weight is 269 g/mol. The van der Waals surface area contributed by atoms with Gasteiger partial charge in [0.15, 0.2) is 9.84 Å². The molecule has 6 heteroatoms. The fourth-order valence-corrected chi connectivity index (χ4v) is 3.10. The minimum Gasteiger partial charge on any atom is -0.354 e. The molecular formula is C12H19N3O2S. The molecule has 1 aliphatic rings. The van der Waals surface area contributed by atoms with E-state index in [1.807, 2.05) is 11.9 Å². The molecule has 1 aliphatic carbocycles. The molecule has 0 bridgehead atoms. The van der Waals surface area contributed by atoms with Gasteiger partial charge in [-0.25, -0.2) is 13.4 Å². The standard InChI is InChI=1S/C12H19N3O2S/c1-15(10(8-13)9-5-6-9)12-11(18(2,16)17)4-3-7-14-12/h3-4,7,9-10H,5-6,8,13H2,1-2H3. The van der Waals surface area contributed by atoms with Crippen molar-refractivity contribution in [2.24, 2.45) is 11.7 Å². The summed E-state index contributed by atoms with van der Waals surface area (Å²) in [6.07, 6.45) is 5.14. The van der Waals surface area contributed by atoms with Gasteiger partial charge in [-0.2, -0.15) is 0 Å². The topological polar surface area (TPSA) is 76.3 Å². The zero-order chi connectivity index (χ0) is 13.3. The second kappa shape index (κ2) is 4.85. The lowest BCUT2D eigenvalue weighted by atomic mass is 10.1. The van der Waals surface area contributed by atoms with Crippen LogP contribution in [0.3, 0.4) is 0 Å². The molecule has 1 aromatic heterocycles. The van der Waals surface area contributed by atoms with Crippen LogP contribution in [0.5, 0.6) is 0 Å². The molecule has 5 nitrogen and oxygen atoms in total. The minimum atomic E-state index is -3.27. The number of anilines is 1. The Kier molecular flexibility index (Phi) is 3.59. The van der Waals surface area contributed by atoms with E-state index in [2.05, 4.69) is 4.98 Å². The Hall–Kier alpha value is -1.14. The van der Waals surface area contributed by atoms with E-state index in [9.17, 15) is 8.42 Å². The fraction of sp³-hybridized carbons (Fsp3) is 0.583. The quantitative estimate of drug-likeness (QED) is 0.849. The highest BCUT2D eigenvalue weighted by molar-refractivity contribution is 7.90. The van der Waals surface area contributed by atoms with Crippen molar-refractivity contribution < 1.29 is 8.42 Å². The van der Waals surface area contributed by atoms with Gasteiger partial charge in [-0.15, -0.1) is 0 Å². The van der Waals surface area contributed by atoms with E-state index < -0.39 is 9.84 Å². The molecule has 1 heterocycles. The molecule has 0 spiro atoms. The molecule has 1 unspecified atom stereocenters. The van der Waals surface area contributed by atoms with Crippen molar-refractivity contribution in [1.29, 1.82) is 0 Å². The first-order chi connectivity index (χ1) is 8.45. The highest BCUT2D eigenvalue weighted by atomic mass is 32.2. The van der Waals surface area contributed by atoms with Crippen LogP contribution in [0, 0.1) is 5.92 Å². The number of nitrogens with two attached hydrogens (primary N) is 1. The fourth-order valence-electron chi connectivity index (χ4n) is 2.24. The highest BCUT2D eigenvalue weighted by Crippen LogP contribution is 2.36. The number of aromatic nitrogens is 1. The first-order valence-electron chi connectivity index (χ1n) is 6.03. The number of hydrogen-bond donors (Lipinski definition) is 1. The molecule has 1 saturated carbocycles. The zero-order valence-corrected chi connectivity index (χ0v) is 11.5. The normalized spacial score (nSPS) is 17.5. The van der Waals surface area contributed by atoms with Crippen LogP contribution in [-0.4, -0.2) is 39.3 Å². The van der Waals surface area contributed by atoms with Crippen molar-refractivity contribution in [1.82, 2.24) is 4.98 Å². The zero-order valence-electron chi connectivity index (χ0n) is 10.7. The number of rotatable bonds is 5. The van der Waals surface area contributed by atoms with Crippen molar-refractivity contribution in [3.8, 4) is 0 Å². The molecule has 0 saturated heterocycles. The Morgan fingerprint density at radius 3 is 2.72 bits per heavy atom. The lowest BCUT2D eigenvalue weighted by Gasteiger charge is -2.29. The summed E-state index contributed by atoms with van der Waals surface area (Å²) in [5.41, 5.74) is 5.79. The molecule has 100 valence electrons. The van der Waals surface area contributed by atoms with Gasteiger partial charge in [0.2, 0.25) is 0 Å². The van der Waals surface area contributed by atoms with Gasteiger partial charge in [-0.05, 0) is 30.9 Å². The van der Waals surface area contributed by atoms with E-state index in [1.165, 1.54) is 6.26 Å². The number of pyridine rings is 1. The number of nitrogens with zero attached hydrogens (tertiary/aromatic N) is 2. The molecule has 0 radical (unpaired) electrons. The van der Waals surface area contributed by atoms with Crippen molar-refractivity contribution in [2.45, 2.75) is 23.8 Å². The first kappa shape index (κ1) is 13.3. The monoisotopic (exact) mass is 269 g/mol. The summed E-state index contributed by atoms with van der Waals surface area (Å²) in [7, 11) is -1.40. The maximum absolute atomic E-state index is 11.8.